The largest absolute Gasteiger partial charge is 0.388 e. The van der Waals surface area contributed by atoms with Crippen molar-refractivity contribution in [3.63, 3.8) is 0 Å². The van der Waals surface area contributed by atoms with Crippen LogP contribution >= 0.6 is 0 Å². The van der Waals surface area contributed by atoms with Gasteiger partial charge in [0.25, 0.3) is 0 Å². The summed E-state index contributed by atoms with van der Waals surface area (Å²) >= 11 is 0. The molecule has 1 fully saturated rings. The van der Waals surface area contributed by atoms with E-state index in [0.29, 0.717) is 12.5 Å². The number of amidine groups is 1. The number of nitrogens with one attached hydrogen (secondary N) is 1. The smallest absolute Gasteiger partial charge is 0.0905 e. The Morgan fingerprint density at radius 2 is 2.07 bits per heavy atom. The van der Waals surface area contributed by atoms with Crippen LogP contribution in [0.2, 0.25) is 0 Å². The minimum atomic E-state index is 0.274. The molecule has 0 saturated carbocycles. The van der Waals surface area contributed by atoms with Crippen LogP contribution in [0.15, 0.2) is 0 Å². The molecule has 82 valence electrons. The van der Waals surface area contributed by atoms with Gasteiger partial charge in [-0.1, -0.05) is 0 Å². The fourth-order valence-electron chi connectivity index (χ4n) is 1.51. The van der Waals surface area contributed by atoms with E-state index in [9.17, 15) is 0 Å². The average Bonchev–Trinajstić information content (AvgIpc) is 2.18. The van der Waals surface area contributed by atoms with Crippen molar-refractivity contribution in [2.75, 3.05) is 19.8 Å². The van der Waals surface area contributed by atoms with Gasteiger partial charge in [0.15, 0.2) is 0 Å². The maximum atomic E-state index is 7.05. The summed E-state index contributed by atoms with van der Waals surface area (Å²) in [7, 11) is 0. The third kappa shape index (κ3) is 5.19. The van der Waals surface area contributed by atoms with Crippen molar-refractivity contribution >= 4 is 5.84 Å². The first-order chi connectivity index (χ1) is 6.79. The van der Waals surface area contributed by atoms with Crippen molar-refractivity contribution in [1.82, 2.24) is 0 Å². The van der Waals surface area contributed by atoms with E-state index in [1.165, 1.54) is 0 Å². The first-order valence-corrected chi connectivity index (χ1v) is 5.31. The molecule has 0 radical (unpaired) electrons. The maximum absolute atomic E-state index is 7.05. The molecule has 0 atom stereocenters. The van der Waals surface area contributed by atoms with E-state index in [0.717, 1.165) is 45.5 Å². The Bertz CT molecular complexity index is 168. The summed E-state index contributed by atoms with van der Waals surface area (Å²) in [6.07, 6.45) is 5.08. The zero-order valence-electron chi connectivity index (χ0n) is 8.63. The average molecular weight is 200 g/mol. The van der Waals surface area contributed by atoms with E-state index in [4.69, 9.17) is 20.6 Å². The second kappa shape index (κ2) is 6.79. The van der Waals surface area contributed by atoms with E-state index >= 15 is 0 Å². The number of rotatable bonds is 6. The number of nitrogens with two attached hydrogens (primary N) is 1. The first kappa shape index (κ1) is 11.5. The van der Waals surface area contributed by atoms with Gasteiger partial charge in [-0.3, -0.25) is 5.41 Å². The van der Waals surface area contributed by atoms with Crippen LogP contribution in [-0.4, -0.2) is 31.8 Å². The highest BCUT2D eigenvalue weighted by Gasteiger charge is 2.13. The fraction of sp³-hybridized carbons (Fsp3) is 0.900. The first-order valence-electron chi connectivity index (χ1n) is 5.31. The van der Waals surface area contributed by atoms with Crippen LogP contribution in [0, 0.1) is 5.41 Å². The summed E-state index contributed by atoms with van der Waals surface area (Å²) in [4.78, 5) is 0. The molecule has 1 saturated heterocycles. The van der Waals surface area contributed by atoms with Crippen molar-refractivity contribution in [1.29, 1.82) is 5.41 Å². The zero-order valence-corrected chi connectivity index (χ0v) is 8.63. The highest BCUT2D eigenvalue weighted by Crippen LogP contribution is 2.11. The van der Waals surface area contributed by atoms with Crippen molar-refractivity contribution < 1.29 is 9.47 Å². The van der Waals surface area contributed by atoms with Gasteiger partial charge in [0.2, 0.25) is 0 Å². The Morgan fingerprint density at radius 1 is 1.36 bits per heavy atom. The van der Waals surface area contributed by atoms with Crippen molar-refractivity contribution in [2.24, 2.45) is 5.73 Å². The predicted octanol–water partition coefficient (Wildman–Crippen LogP) is 1.29. The lowest BCUT2D eigenvalue weighted by atomic mass is 10.1. The van der Waals surface area contributed by atoms with E-state index in [1.54, 1.807) is 0 Å². The summed E-state index contributed by atoms with van der Waals surface area (Å²) in [5.74, 6) is 0.274. The zero-order chi connectivity index (χ0) is 10.2. The summed E-state index contributed by atoms with van der Waals surface area (Å²) in [6, 6.07) is 0. The molecule has 0 aromatic carbocycles. The molecule has 4 nitrogen and oxygen atoms in total. The molecule has 0 bridgehead atoms. The Labute approximate surface area is 85.3 Å². The number of ether oxygens (including phenoxy) is 2. The van der Waals surface area contributed by atoms with E-state index < -0.39 is 0 Å². The van der Waals surface area contributed by atoms with Crippen LogP contribution in [0.1, 0.15) is 32.1 Å². The molecule has 1 aliphatic heterocycles. The molecule has 0 aromatic heterocycles. The Morgan fingerprint density at radius 3 is 2.71 bits per heavy atom. The van der Waals surface area contributed by atoms with Crippen LogP contribution in [0.25, 0.3) is 0 Å². The van der Waals surface area contributed by atoms with Crippen LogP contribution in [0.3, 0.4) is 0 Å². The lowest BCUT2D eigenvalue weighted by molar-refractivity contribution is -0.0325. The van der Waals surface area contributed by atoms with E-state index in [1.807, 2.05) is 0 Å². The van der Waals surface area contributed by atoms with E-state index in [-0.39, 0.29) is 5.84 Å². The summed E-state index contributed by atoms with van der Waals surface area (Å²) in [5, 5.41) is 7.05. The Balaban J connectivity index is 1.90. The third-order valence-corrected chi connectivity index (χ3v) is 2.36. The van der Waals surface area contributed by atoms with Gasteiger partial charge in [-0.05, 0) is 25.7 Å². The second-order valence-corrected chi connectivity index (χ2v) is 3.66. The predicted molar refractivity (Wildman–Crippen MR) is 55.6 cm³/mol. The van der Waals surface area contributed by atoms with Crippen LogP contribution < -0.4 is 5.73 Å². The van der Waals surface area contributed by atoms with Crippen molar-refractivity contribution in [3.8, 4) is 0 Å². The van der Waals surface area contributed by atoms with E-state index in [2.05, 4.69) is 0 Å². The molecule has 1 aliphatic rings. The second-order valence-electron chi connectivity index (χ2n) is 3.66. The number of hydrogen-bond acceptors (Lipinski definition) is 3. The highest BCUT2D eigenvalue weighted by molar-refractivity contribution is 5.76. The monoisotopic (exact) mass is 200 g/mol. The molecule has 0 unspecified atom stereocenters. The van der Waals surface area contributed by atoms with Crippen LogP contribution in [0.4, 0.5) is 0 Å². The molecule has 0 spiro atoms. The molecule has 4 heteroatoms. The minimum Gasteiger partial charge on any atom is -0.388 e. The fourth-order valence-corrected chi connectivity index (χ4v) is 1.51. The molecule has 14 heavy (non-hydrogen) atoms. The van der Waals surface area contributed by atoms with Crippen molar-refractivity contribution in [3.05, 3.63) is 0 Å². The molecule has 1 heterocycles. The summed E-state index contributed by atoms with van der Waals surface area (Å²) < 4.78 is 10.9. The van der Waals surface area contributed by atoms with Crippen LogP contribution in [-0.2, 0) is 9.47 Å². The molecule has 3 N–H and O–H groups in total. The number of unbranched alkanes of at least 4 members (excludes halogenated alkanes) is 1. The van der Waals surface area contributed by atoms with Gasteiger partial charge in [0.1, 0.15) is 0 Å². The van der Waals surface area contributed by atoms with Gasteiger partial charge in [-0.15, -0.1) is 0 Å². The van der Waals surface area contributed by atoms with Gasteiger partial charge in [0.05, 0.1) is 11.9 Å². The SMILES string of the molecule is N=C(N)CCCCOC1CCOCC1. The molecular weight excluding hydrogens is 180 g/mol. The summed E-state index contributed by atoms with van der Waals surface area (Å²) in [6.45, 7) is 2.45. The standard InChI is InChI=1S/C10H20N2O2/c11-10(12)3-1-2-6-14-9-4-7-13-8-5-9/h9H,1-8H2,(H3,11,12). The van der Waals surface area contributed by atoms with Gasteiger partial charge in [0, 0.05) is 26.2 Å². The van der Waals surface area contributed by atoms with Gasteiger partial charge in [-0.25, -0.2) is 0 Å². The lowest BCUT2D eigenvalue weighted by Gasteiger charge is -2.22. The number of hydrogen-bond donors (Lipinski definition) is 2. The molecule has 0 aliphatic carbocycles. The quantitative estimate of drug-likeness (QED) is 0.385. The molecular formula is C10H20N2O2. The lowest BCUT2D eigenvalue weighted by Crippen LogP contribution is -2.23. The van der Waals surface area contributed by atoms with Crippen molar-refractivity contribution in [2.45, 2.75) is 38.2 Å². The highest BCUT2D eigenvalue weighted by atomic mass is 16.5. The third-order valence-electron chi connectivity index (χ3n) is 2.36. The van der Waals surface area contributed by atoms with Gasteiger partial charge in [-0.2, -0.15) is 0 Å². The van der Waals surface area contributed by atoms with Gasteiger partial charge < -0.3 is 15.2 Å². The topological polar surface area (TPSA) is 68.3 Å². The Hall–Kier alpha value is -0.610. The molecule has 1 rings (SSSR count). The molecule has 0 aromatic rings. The normalized spacial score (nSPS) is 18.3. The minimum absolute atomic E-state index is 0.274. The van der Waals surface area contributed by atoms with Crippen LogP contribution in [0.5, 0.6) is 0 Å². The van der Waals surface area contributed by atoms with Gasteiger partial charge >= 0.3 is 0 Å². The maximum Gasteiger partial charge on any atom is 0.0905 e. The molecule has 0 amide bonds. The summed E-state index contributed by atoms with van der Waals surface area (Å²) in [5.41, 5.74) is 5.24. The Kier molecular flexibility index (Phi) is 5.56.